The Hall–Kier alpha value is -2.39. The Morgan fingerprint density at radius 1 is 1.30 bits per heavy atom. The zero-order valence-corrected chi connectivity index (χ0v) is 16.4. The molecule has 1 N–H and O–H groups in total. The number of carbonyl (C=O) groups is 2. The number of esters is 1. The second-order valence-corrected chi connectivity index (χ2v) is 6.92. The number of aromatic nitrogens is 2. The Bertz CT molecular complexity index is 763. The number of benzene rings is 1. The molecule has 27 heavy (non-hydrogen) atoms. The van der Waals surface area contributed by atoms with Crippen molar-refractivity contribution in [3.05, 3.63) is 41.5 Å². The summed E-state index contributed by atoms with van der Waals surface area (Å²) in [6, 6.07) is 6.96. The van der Waals surface area contributed by atoms with Crippen molar-refractivity contribution in [3.63, 3.8) is 0 Å². The van der Waals surface area contributed by atoms with Gasteiger partial charge < -0.3 is 19.3 Å². The summed E-state index contributed by atoms with van der Waals surface area (Å²) >= 11 is 1.27. The van der Waals surface area contributed by atoms with Gasteiger partial charge in [0.1, 0.15) is 0 Å². The van der Waals surface area contributed by atoms with Crippen LogP contribution < -0.4 is 5.32 Å². The van der Waals surface area contributed by atoms with Crippen LogP contribution in [0.2, 0.25) is 0 Å². The molecule has 0 saturated heterocycles. The number of nitrogens with one attached hydrogen (secondary N) is 1. The summed E-state index contributed by atoms with van der Waals surface area (Å²) in [5.74, 6) is 0.487. The van der Waals surface area contributed by atoms with Crippen LogP contribution in [0.5, 0.6) is 0 Å². The Morgan fingerprint density at radius 2 is 2.07 bits per heavy atom. The molecule has 1 aromatic carbocycles. The van der Waals surface area contributed by atoms with Gasteiger partial charge in [-0.15, -0.1) is 11.8 Å². The fourth-order valence-electron chi connectivity index (χ4n) is 2.01. The van der Waals surface area contributed by atoms with E-state index in [1.54, 1.807) is 31.4 Å². The lowest BCUT2D eigenvalue weighted by Crippen LogP contribution is -2.28. The summed E-state index contributed by atoms with van der Waals surface area (Å²) in [7, 11) is 1.57. The fraction of sp³-hybridized carbons (Fsp3) is 0.444. The summed E-state index contributed by atoms with van der Waals surface area (Å²) in [4.78, 5) is 29.0. The van der Waals surface area contributed by atoms with E-state index in [0.29, 0.717) is 29.4 Å². The number of rotatable bonds is 10. The first-order chi connectivity index (χ1) is 13.0. The largest absolute Gasteiger partial charge is 0.452 e. The molecule has 0 spiro atoms. The van der Waals surface area contributed by atoms with E-state index >= 15 is 0 Å². The van der Waals surface area contributed by atoms with Crippen LogP contribution in [-0.2, 0) is 20.9 Å². The summed E-state index contributed by atoms with van der Waals surface area (Å²) < 4.78 is 15.2. The molecule has 1 heterocycles. The first-order valence-corrected chi connectivity index (χ1v) is 9.47. The van der Waals surface area contributed by atoms with Crippen molar-refractivity contribution in [3.8, 4) is 0 Å². The number of thioether (sulfide) groups is 1. The number of nitrogens with zero attached hydrogens (tertiary/aromatic N) is 2. The molecular weight excluding hydrogens is 370 g/mol. The Morgan fingerprint density at radius 3 is 2.78 bits per heavy atom. The summed E-state index contributed by atoms with van der Waals surface area (Å²) in [5, 5.41) is 6.56. The normalized spacial score (nSPS) is 10.8. The fourth-order valence-corrected chi connectivity index (χ4v) is 2.88. The number of amides is 1. The minimum Gasteiger partial charge on any atom is -0.452 e. The van der Waals surface area contributed by atoms with Crippen molar-refractivity contribution in [1.82, 2.24) is 15.5 Å². The van der Waals surface area contributed by atoms with Crippen molar-refractivity contribution in [2.75, 3.05) is 26.0 Å². The molecule has 2 aromatic rings. The zero-order valence-electron chi connectivity index (χ0n) is 15.6. The molecule has 0 atom stereocenters. The van der Waals surface area contributed by atoms with Crippen molar-refractivity contribution < 1.29 is 23.6 Å². The van der Waals surface area contributed by atoms with Gasteiger partial charge >= 0.3 is 5.97 Å². The minimum absolute atomic E-state index is 0.102. The molecule has 9 heteroatoms. The molecule has 0 aliphatic carbocycles. The van der Waals surface area contributed by atoms with Crippen LogP contribution in [0.15, 0.2) is 33.7 Å². The number of hydrogen-bond donors (Lipinski definition) is 1. The van der Waals surface area contributed by atoms with Gasteiger partial charge in [-0.1, -0.05) is 31.1 Å². The maximum atomic E-state index is 12.4. The van der Waals surface area contributed by atoms with Gasteiger partial charge in [0.2, 0.25) is 5.91 Å². The molecule has 0 aliphatic rings. The second kappa shape index (κ2) is 10.7. The number of carbonyl (C=O) groups excluding carboxylic acids is 2. The van der Waals surface area contributed by atoms with Crippen molar-refractivity contribution in [2.24, 2.45) is 0 Å². The van der Waals surface area contributed by atoms with Crippen LogP contribution in [0.25, 0.3) is 0 Å². The summed E-state index contributed by atoms with van der Waals surface area (Å²) in [6.45, 7) is 4.68. The molecule has 2 rings (SSSR count). The third kappa shape index (κ3) is 6.69. The van der Waals surface area contributed by atoms with E-state index < -0.39 is 5.97 Å². The smallest absolute Gasteiger partial charge is 0.339 e. The number of hydrogen-bond acceptors (Lipinski definition) is 8. The highest BCUT2D eigenvalue weighted by atomic mass is 32.2. The van der Waals surface area contributed by atoms with Gasteiger partial charge in [0.05, 0.1) is 17.9 Å². The zero-order chi connectivity index (χ0) is 19.6. The van der Waals surface area contributed by atoms with E-state index in [0.717, 1.165) is 0 Å². The average Bonchev–Trinajstić information content (AvgIpc) is 3.14. The van der Waals surface area contributed by atoms with Crippen molar-refractivity contribution >= 4 is 23.6 Å². The second-order valence-electron chi connectivity index (χ2n) is 5.90. The van der Waals surface area contributed by atoms with Crippen LogP contribution in [0.4, 0.5) is 0 Å². The third-order valence-corrected chi connectivity index (χ3v) is 4.49. The van der Waals surface area contributed by atoms with Gasteiger partial charge in [0.25, 0.3) is 5.89 Å². The predicted molar refractivity (Wildman–Crippen MR) is 99.6 cm³/mol. The molecule has 0 aliphatic heterocycles. The van der Waals surface area contributed by atoms with Crippen LogP contribution in [0, 0.1) is 0 Å². The molecule has 0 saturated carbocycles. The van der Waals surface area contributed by atoms with E-state index in [-0.39, 0.29) is 30.1 Å². The topological polar surface area (TPSA) is 104 Å². The highest BCUT2D eigenvalue weighted by Gasteiger charge is 2.16. The Labute approximate surface area is 162 Å². The van der Waals surface area contributed by atoms with Crippen LogP contribution in [0.3, 0.4) is 0 Å². The monoisotopic (exact) mass is 393 g/mol. The van der Waals surface area contributed by atoms with E-state index in [1.165, 1.54) is 11.8 Å². The highest BCUT2D eigenvalue weighted by molar-refractivity contribution is 8.00. The molecule has 1 aromatic heterocycles. The van der Waals surface area contributed by atoms with Gasteiger partial charge in [-0.25, -0.2) is 4.79 Å². The Balaban J connectivity index is 1.91. The first kappa shape index (κ1) is 20.9. The standard InChI is InChI=1S/C18H23N3O5S/c1-12(2)17-20-16(26-21-17)10-25-18(23)13-6-4-5-7-14(13)27-11-15(22)19-8-9-24-3/h4-7,12H,8-11H2,1-3H3,(H,19,22). The summed E-state index contributed by atoms with van der Waals surface area (Å²) in [6.07, 6.45) is 0. The van der Waals surface area contributed by atoms with E-state index in [2.05, 4.69) is 15.5 Å². The van der Waals surface area contributed by atoms with E-state index in [9.17, 15) is 9.59 Å². The third-order valence-electron chi connectivity index (χ3n) is 3.42. The Kier molecular flexibility index (Phi) is 8.28. The van der Waals surface area contributed by atoms with Crippen LogP contribution in [-0.4, -0.2) is 48.0 Å². The lowest BCUT2D eigenvalue weighted by Gasteiger charge is -2.09. The highest BCUT2D eigenvalue weighted by Crippen LogP contribution is 2.23. The molecule has 1 amide bonds. The first-order valence-electron chi connectivity index (χ1n) is 8.48. The average molecular weight is 393 g/mol. The summed E-state index contributed by atoms with van der Waals surface area (Å²) in [5.41, 5.74) is 0.385. The molecule has 0 radical (unpaired) electrons. The van der Waals surface area contributed by atoms with Gasteiger partial charge in [-0.3, -0.25) is 4.79 Å². The molecule has 0 bridgehead atoms. The number of ether oxygens (including phenoxy) is 2. The quantitative estimate of drug-likeness (QED) is 0.373. The predicted octanol–water partition coefficient (Wildman–Crippen LogP) is 2.40. The molecular formula is C18H23N3O5S. The molecule has 146 valence electrons. The van der Waals surface area contributed by atoms with Crippen molar-refractivity contribution in [2.45, 2.75) is 31.3 Å². The lowest BCUT2D eigenvalue weighted by molar-refractivity contribution is -0.118. The maximum Gasteiger partial charge on any atom is 0.339 e. The van der Waals surface area contributed by atoms with Gasteiger partial charge in [-0.2, -0.15) is 4.98 Å². The van der Waals surface area contributed by atoms with E-state index in [4.69, 9.17) is 14.0 Å². The van der Waals surface area contributed by atoms with Gasteiger partial charge in [-0.05, 0) is 12.1 Å². The molecule has 0 unspecified atom stereocenters. The number of methoxy groups -OCH3 is 1. The SMILES string of the molecule is COCCNC(=O)CSc1ccccc1C(=O)OCc1nc(C(C)C)no1. The lowest BCUT2D eigenvalue weighted by atomic mass is 10.2. The maximum absolute atomic E-state index is 12.4. The molecule has 8 nitrogen and oxygen atoms in total. The molecule has 0 fully saturated rings. The van der Waals surface area contributed by atoms with Crippen LogP contribution >= 0.6 is 11.8 Å². The van der Waals surface area contributed by atoms with Gasteiger partial charge in [0, 0.05) is 24.5 Å². The van der Waals surface area contributed by atoms with Crippen molar-refractivity contribution in [1.29, 1.82) is 0 Å². The van der Waals surface area contributed by atoms with Crippen LogP contribution in [0.1, 0.15) is 41.8 Å². The van der Waals surface area contributed by atoms with Gasteiger partial charge in [0.15, 0.2) is 12.4 Å². The minimum atomic E-state index is -0.512. The van der Waals surface area contributed by atoms with E-state index in [1.807, 2.05) is 13.8 Å².